The van der Waals surface area contributed by atoms with Gasteiger partial charge in [-0.05, 0) is 0 Å². The zero-order valence-electron chi connectivity index (χ0n) is 5.64. The topological polar surface area (TPSA) is 17.1 Å². The van der Waals surface area contributed by atoms with Crippen molar-refractivity contribution >= 4 is 6.29 Å². The van der Waals surface area contributed by atoms with Gasteiger partial charge in [0.15, 0.2) is 0 Å². The second-order valence-corrected chi connectivity index (χ2v) is 0.204. The summed E-state index contributed by atoms with van der Waals surface area (Å²) in [5.41, 5.74) is 0. The van der Waals surface area contributed by atoms with E-state index in [1.165, 1.54) is 13.2 Å². The summed E-state index contributed by atoms with van der Waals surface area (Å²) in [6.45, 7) is 11.3. The Morgan fingerprint density at radius 2 is 1.12 bits per heavy atom. The van der Waals surface area contributed by atoms with E-state index in [1.807, 2.05) is 0 Å². The van der Waals surface area contributed by atoms with Crippen molar-refractivity contribution in [3.8, 4) is 0 Å². The van der Waals surface area contributed by atoms with Gasteiger partial charge in [0.1, 0.15) is 0 Å². The van der Waals surface area contributed by atoms with Gasteiger partial charge < -0.3 is 18.6 Å². The molecule has 0 aromatic heterocycles. The second-order valence-electron chi connectivity index (χ2n) is 0.204. The van der Waals surface area contributed by atoms with Crippen molar-refractivity contribution in [3.63, 3.8) is 0 Å². The van der Waals surface area contributed by atoms with Crippen LogP contribution in [0.1, 0.15) is 20.8 Å². The molecule has 1 radical (unpaired) electrons. The molecule has 0 atom stereocenters. The van der Waals surface area contributed by atoms with Gasteiger partial charge in [-0.3, -0.25) is 6.29 Å². The Labute approximate surface area is 62.8 Å². The first kappa shape index (κ1) is 24.2. The van der Waals surface area contributed by atoms with E-state index in [0.717, 1.165) is 0 Å². The predicted molar refractivity (Wildman–Crippen MR) is 33.4 cm³/mol. The molecule has 0 aromatic carbocycles. The van der Waals surface area contributed by atoms with Crippen LogP contribution < -0.4 is 0 Å². The van der Waals surface area contributed by atoms with Gasteiger partial charge >= 0.3 is 16.5 Å². The third kappa shape index (κ3) is 6150. The maximum Gasteiger partial charge on any atom is 3.00 e. The van der Waals surface area contributed by atoms with Crippen LogP contribution >= 0.6 is 0 Å². The van der Waals surface area contributed by atoms with E-state index in [0.29, 0.717) is 0 Å². The van der Waals surface area contributed by atoms with Crippen molar-refractivity contribution in [2.45, 2.75) is 20.8 Å². The average molecular weight is 160 g/mol. The largest absolute Gasteiger partial charge is 3.00 e. The Hall–Kier alpha value is 0.164. The summed E-state index contributed by atoms with van der Waals surface area (Å²) in [5.74, 6) is 0. The van der Waals surface area contributed by atoms with E-state index < -0.39 is 0 Å². The molecule has 0 rings (SSSR count). The van der Waals surface area contributed by atoms with Gasteiger partial charge in [0.25, 0.3) is 0 Å². The third-order valence-electron chi connectivity index (χ3n) is 0. The second kappa shape index (κ2) is 201. The SMILES string of the molecule is C[C-]=O.[CH2-]C.[CH2-]C.[Ni+3]. The Kier molecular flexibility index (Phi) is 607. The molecule has 53 valence electrons. The molecule has 0 fully saturated rings. The molecule has 2 heteroatoms. The molecule has 0 heterocycles. The van der Waals surface area contributed by atoms with Gasteiger partial charge in [0, 0.05) is 0 Å². The van der Waals surface area contributed by atoms with Crippen LogP contribution in [0.25, 0.3) is 0 Å². The van der Waals surface area contributed by atoms with Crippen LogP contribution in [0.15, 0.2) is 0 Å². The van der Waals surface area contributed by atoms with Crippen molar-refractivity contribution in [1.82, 2.24) is 0 Å². The van der Waals surface area contributed by atoms with E-state index >= 15 is 0 Å². The molecule has 0 aliphatic carbocycles. The summed E-state index contributed by atoms with van der Waals surface area (Å²) in [4.78, 5) is 8.68. The Balaban J connectivity index is -0.0000000147. The van der Waals surface area contributed by atoms with Crippen LogP contribution in [0.4, 0.5) is 0 Å². The molecule has 0 aliphatic heterocycles. The predicted octanol–water partition coefficient (Wildman–Crippen LogP) is 1.79. The summed E-state index contributed by atoms with van der Waals surface area (Å²) in [6, 6.07) is 0. The van der Waals surface area contributed by atoms with Crippen molar-refractivity contribution in [2.24, 2.45) is 0 Å². The van der Waals surface area contributed by atoms with Gasteiger partial charge in [-0.15, -0.1) is 0 Å². The first-order chi connectivity index (χ1) is 3.41. The molecule has 1 nitrogen and oxygen atoms in total. The molecule has 0 aromatic rings. The van der Waals surface area contributed by atoms with Crippen LogP contribution in [0.3, 0.4) is 0 Å². The van der Waals surface area contributed by atoms with Gasteiger partial charge in [-0.1, -0.05) is 0 Å². The van der Waals surface area contributed by atoms with E-state index in [4.69, 9.17) is 4.79 Å². The fourth-order valence-corrected chi connectivity index (χ4v) is 0. The maximum atomic E-state index is 8.68. The van der Waals surface area contributed by atoms with Crippen LogP contribution in [-0.2, 0) is 21.3 Å². The molecular weight excluding hydrogens is 147 g/mol. The Morgan fingerprint density at radius 3 is 1.12 bits per heavy atom. The van der Waals surface area contributed by atoms with E-state index in [9.17, 15) is 0 Å². The third-order valence-corrected chi connectivity index (χ3v) is 0. The number of rotatable bonds is 0. The quantitative estimate of drug-likeness (QED) is 0.389. The molecule has 0 saturated carbocycles. The molecule has 0 unspecified atom stereocenters. The number of hydrogen-bond donors (Lipinski definition) is 0. The zero-order chi connectivity index (χ0) is 6.71. The van der Waals surface area contributed by atoms with Crippen molar-refractivity contribution in [2.75, 3.05) is 0 Å². The van der Waals surface area contributed by atoms with Gasteiger partial charge in [0.05, 0.1) is 0 Å². The molecular formula is C6H13NiO. The van der Waals surface area contributed by atoms with Crippen LogP contribution in [0, 0.1) is 13.8 Å². The molecule has 0 N–H and O–H groups in total. The van der Waals surface area contributed by atoms with Gasteiger partial charge in [-0.2, -0.15) is 20.8 Å². The fourth-order valence-electron chi connectivity index (χ4n) is 0. The first-order valence-electron chi connectivity index (χ1n) is 2.12. The van der Waals surface area contributed by atoms with Crippen LogP contribution in [-0.4, -0.2) is 6.29 Å². The van der Waals surface area contributed by atoms with Crippen LogP contribution in [0.2, 0.25) is 0 Å². The number of carbonyl (C=O) groups excluding carboxylic acids is 1. The van der Waals surface area contributed by atoms with Crippen LogP contribution in [0.5, 0.6) is 0 Å². The minimum absolute atomic E-state index is 0. The molecule has 0 aliphatic rings. The van der Waals surface area contributed by atoms with Crippen molar-refractivity contribution in [1.29, 1.82) is 0 Å². The molecule has 0 bridgehead atoms. The summed E-state index contributed by atoms with van der Waals surface area (Å²) in [5, 5.41) is 0. The molecule has 0 saturated heterocycles. The van der Waals surface area contributed by atoms with E-state index in [2.05, 4.69) is 13.8 Å². The normalized spacial score (nSPS) is 3.12. The molecule has 0 amide bonds. The molecule has 0 spiro atoms. The Bertz CT molecular complexity index is 16.0. The summed E-state index contributed by atoms with van der Waals surface area (Å²) < 4.78 is 0. The smallest absolute Gasteiger partial charge is 0.542 e. The zero-order valence-corrected chi connectivity index (χ0v) is 6.63. The van der Waals surface area contributed by atoms with Crippen molar-refractivity contribution < 1.29 is 21.3 Å². The van der Waals surface area contributed by atoms with E-state index in [1.54, 1.807) is 13.8 Å². The van der Waals surface area contributed by atoms with E-state index in [-0.39, 0.29) is 16.5 Å². The maximum absolute atomic E-state index is 8.68. The summed E-state index contributed by atoms with van der Waals surface area (Å²) in [6.07, 6.45) is 1.50. The average Bonchev–Trinajstić information content (AvgIpc) is 1.78. The minimum Gasteiger partial charge on any atom is -0.542 e. The summed E-state index contributed by atoms with van der Waals surface area (Å²) >= 11 is 0. The molecule has 8 heavy (non-hydrogen) atoms. The summed E-state index contributed by atoms with van der Waals surface area (Å²) in [7, 11) is 0. The van der Waals surface area contributed by atoms with Gasteiger partial charge in [-0.25, -0.2) is 0 Å². The minimum atomic E-state index is 0. The monoisotopic (exact) mass is 159 g/mol. The van der Waals surface area contributed by atoms with Crippen molar-refractivity contribution in [3.05, 3.63) is 13.8 Å². The van der Waals surface area contributed by atoms with Gasteiger partial charge in [0.2, 0.25) is 0 Å². The number of hydrogen-bond acceptors (Lipinski definition) is 1. The fraction of sp³-hybridized carbons (Fsp3) is 0.500. The Morgan fingerprint density at radius 1 is 1.12 bits per heavy atom. The first-order valence-corrected chi connectivity index (χ1v) is 2.12. The standard InChI is InChI=1S/C2H3O.2C2H5.Ni/c1-2-3;2*1-2;/h1H3;2*1H2,2H3;/q3*-1;+3.